The molecule has 266 valence electrons. The lowest BCUT2D eigenvalue weighted by Gasteiger charge is -2.10. The van der Waals surface area contributed by atoms with Gasteiger partial charge >= 0.3 is 0 Å². The SMILES string of the molecule is c1ccc(-c2nc(-c3ccccc3)nc(-c3ccc4oc5ccc(-n6c7ccccc7c7c6ccc6c8ccccc8n(-c8ccccc8)c67)cc5c4c3)n2)cc1. The van der Waals surface area contributed by atoms with Crippen LogP contribution in [-0.4, -0.2) is 24.1 Å². The van der Waals surface area contributed by atoms with E-state index in [1.165, 1.54) is 32.6 Å². The highest BCUT2D eigenvalue weighted by molar-refractivity contribution is 6.26. The maximum Gasteiger partial charge on any atom is 0.164 e. The smallest absolute Gasteiger partial charge is 0.164 e. The summed E-state index contributed by atoms with van der Waals surface area (Å²) in [5.41, 5.74) is 11.3. The van der Waals surface area contributed by atoms with E-state index in [4.69, 9.17) is 19.4 Å². The van der Waals surface area contributed by atoms with E-state index in [1.54, 1.807) is 0 Å². The van der Waals surface area contributed by atoms with Crippen LogP contribution in [0.3, 0.4) is 0 Å². The summed E-state index contributed by atoms with van der Waals surface area (Å²) in [4.78, 5) is 14.9. The molecule has 57 heavy (non-hydrogen) atoms. The van der Waals surface area contributed by atoms with E-state index in [2.05, 4.69) is 124 Å². The summed E-state index contributed by atoms with van der Waals surface area (Å²) >= 11 is 0. The predicted octanol–water partition coefficient (Wildman–Crippen LogP) is 13.0. The molecule has 6 nitrogen and oxygen atoms in total. The van der Waals surface area contributed by atoms with Crippen LogP contribution in [0.1, 0.15) is 0 Å². The van der Waals surface area contributed by atoms with E-state index >= 15 is 0 Å². The summed E-state index contributed by atoms with van der Waals surface area (Å²) in [5, 5.41) is 6.92. The summed E-state index contributed by atoms with van der Waals surface area (Å²) in [7, 11) is 0. The minimum absolute atomic E-state index is 0.607. The van der Waals surface area contributed by atoms with E-state index < -0.39 is 0 Å². The van der Waals surface area contributed by atoms with Gasteiger partial charge in [0.15, 0.2) is 17.5 Å². The molecule has 12 aromatic rings. The molecule has 4 aromatic heterocycles. The second-order valence-corrected chi connectivity index (χ2v) is 14.4. The summed E-state index contributed by atoms with van der Waals surface area (Å²) in [6, 6.07) is 65.6. The standard InChI is InChI=1S/C51H31N5O/c1-4-14-32(15-5-1)49-52-50(33-16-6-2-7-17-33)54-51(53-49)34-24-28-45-40(30-34)41-31-36(25-29-46(41)57-45)55-43-23-13-11-21-39(43)47-44(55)27-26-38-37-20-10-12-22-42(37)56(48(38)47)35-18-8-3-9-19-35/h1-31H. The van der Waals surface area contributed by atoms with Crippen molar-refractivity contribution in [3.8, 4) is 45.5 Å². The van der Waals surface area contributed by atoms with E-state index in [0.29, 0.717) is 17.5 Å². The number of rotatable bonds is 5. The summed E-state index contributed by atoms with van der Waals surface area (Å²) < 4.78 is 11.3. The summed E-state index contributed by atoms with van der Waals surface area (Å²) in [5.74, 6) is 1.87. The van der Waals surface area contributed by atoms with Gasteiger partial charge in [0.05, 0.1) is 22.1 Å². The molecule has 0 amide bonds. The zero-order valence-corrected chi connectivity index (χ0v) is 30.5. The van der Waals surface area contributed by atoms with Crippen LogP contribution < -0.4 is 0 Å². The van der Waals surface area contributed by atoms with Gasteiger partial charge in [0.1, 0.15) is 11.2 Å². The van der Waals surface area contributed by atoms with Crippen LogP contribution in [0.4, 0.5) is 0 Å². The Bertz CT molecular complexity index is 3450. The van der Waals surface area contributed by atoms with Crippen molar-refractivity contribution in [2.75, 3.05) is 0 Å². The van der Waals surface area contributed by atoms with Gasteiger partial charge < -0.3 is 13.6 Å². The molecule has 0 aliphatic rings. The van der Waals surface area contributed by atoms with Crippen LogP contribution in [0, 0.1) is 0 Å². The number of furan rings is 1. The molecule has 0 bridgehead atoms. The van der Waals surface area contributed by atoms with Gasteiger partial charge in [-0.15, -0.1) is 0 Å². The highest BCUT2D eigenvalue weighted by Crippen LogP contribution is 2.43. The first kappa shape index (κ1) is 31.5. The zero-order valence-electron chi connectivity index (χ0n) is 30.5. The number of aromatic nitrogens is 5. The monoisotopic (exact) mass is 729 g/mol. The first-order chi connectivity index (χ1) is 28.3. The maximum atomic E-state index is 6.47. The van der Waals surface area contributed by atoms with Crippen LogP contribution in [0.2, 0.25) is 0 Å². The largest absolute Gasteiger partial charge is 0.456 e. The van der Waals surface area contributed by atoms with Crippen LogP contribution in [0.5, 0.6) is 0 Å². The van der Waals surface area contributed by atoms with Crippen molar-refractivity contribution < 1.29 is 4.42 Å². The first-order valence-corrected chi connectivity index (χ1v) is 19.1. The molecule has 8 aromatic carbocycles. The van der Waals surface area contributed by atoms with Crippen molar-refractivity contribution in [3.05, 3.63) is 188 Å². The third-order valence-corrected chi connectivity index (χ3v) is 11.2. The first-order valence-electron chi connectivity index (χ1n) is 19.1. The Balaban J connectivity index is 1.08. The third-order valence-electron chi connectivity index (χ3n) is 11.2. The number of benzene rings is 8. The fraction of sp³-hybridized carbons (Fsp3) is 0. The molecular weight excluding hydrogens is 699 g/mol. The Labute approximate surface area is 326 Å². The summed E-state index contributed by atoms with van der Waals surface area (Å²) in [6.07, 6.45) is 0. The Hall–Kier alpha value is -7.83. The van der Waals surface area contributed by atoms with Gasteiger partial charge in [-0.3, -0.25) is 0 Å². The van der Waals surface area contributed by atoms with E-state index in [-0.39, 0.29) is 0 Å². The topological polar surface area (TPSA) is 61.7 Å². The van der Waals surface area contributed by atoms with Gasteiger partial charge in [-0.1, -0.05) is 121 Å². The Kier molecular flexibility index (Phi) is 6.83. The molecule has 4 heterocycles. The molecule has 0 aliphatic heterocycles. The second kappa shape index (κ2) is 12.3. The van der Waals surface area contributed by atoms with Crippen LogP contribution in [0.15, 0.2) is 192 Å². The molecule has 0 radical (unpaired) electrons. The van der Waals surface area contributed by atoms with Gasteiger partial charge in [0, 0.05) is 60.4 Å². The predicted molar refractivity (Wildman–Crippen MR) is 232 cm³/mol. The quantitative estimate of drug-likeness (QED) is 0.177. The molecule has 0 unspecified atom stereocenters. The lowest BCUT2D eigenvalue weighted by molar-refractivity contribution is 0.669. The number of nitrogens with zero attached hydrogens (tertiary/aromatic N) is 5. The number of para-hydroxylation sites is 3. The maximum absolute atomic E-state index is 6.47. The lowest BCUT2D eigenvalue weighted by Crippen LogP contribution is -2.00. The van der Waals surface area contributed by atoms with Gasteiger partial charge in [0.25, 0.3) is 0 Å². The third kappa shape index (κ3) is 4.87. The average molecular weight is 730 g/mol. The number of fused-ring (bicyclic) bond motifs is 10. The van der Waals surface area contributed by atoms with Crippen LogP contribution >= 0.6 is 0 Å². The molecule has 0 atom stereocenters. The minimum atomic E-state index is 0.607. The van der Waals surface area contributed by atoms with E-state index in [1.807, 2.05) is 72.8 Å². The highest BCUT2D eigenvalue weighted by Gasteiger charge is 2.22. The van der Waals surface area contributed by atoms with Crippen molar-refractivity contribution in [3.63, 3.8) is 0 Å². The molecule has 12 rings (SSSR count). The van der Waals surface area contributed by atoms with Crippen molar-refractivity contribution in [1.82, 2.24) is 24.1 Å². The molecule has 0 aliphatic carbocycles. The second-order valence-electron chi connectivity index (χ2n) is 14.4. The van der Waals surface area contributed by atoms with Crippen molar-refractivity contribution >= 4 is 65.6 Å². The molecule has 0 saturated carbocycles. The van der Waals surface area contributed by atoms with E-state index in [9.17, 15) is 0 Å². The highest BCUT2D eigenvalue weighted by atomic mass is 16.3. The number of hydrogen-bond donors (Lipinski definition) is 0. The zero-order chi connectivity index (χ0) is 37.5. The minimum Gasteiger partial charge on any atom is -0.456 e. The Morgan fingerprint density at radius 3 is 1.56 bits per heavy atom. The average Bonchev–Trinajstić information content (AvgIpc) is 3.94. The lowest BCUT2D eigenvalue weighted by atomic mass is 10.1. The summed E-state index contributed by atoms with van der Waals surface area (Å²) in [6.45, 7) is 0. The fourth-order valence-corrected chi connectivity index (χ4v) is 8.61. The van der Waals surface area contributed by atoms with Gasteiger partial charge in [-0.25, -0.2) is 15.0 Å². The van der Waals surface area contributed by atoms with Crippen molar-refractivity contribution in [2.24, 2.45) is 0 Å². The molecule has 0 N–H and O–H groups in total. The molecular formula is C51H31N5O. The van der Waals surface area contributed by atoms with Gasteiger partial charge in [-0.05, 0) is 66.7 Å². The Morgan fingerprint density at radius 1 is 0.333 bits per heavy atom. The number of hydrogen-bond acceptors (Lipinski definition) is 4. The van der Waals surface area contributed by atoms with Gasteiger partial charge in [0.2, 0.25) is 0 Å². The normalized spacial score (nSPS) is 11.9. The molecule has 0 saturated heterocycles. The van der Waals surface area contributed by atoms with Crippen LogP contribution in [-0.2, 0) is 0 Å². The Morgan fingerprint density at radius 2 is 0.877 bits per heavy atom. The fourth-order valence-electron chi connectivity index (χ4n) is 8.61. The van der Waals surface area contributed by atoms with Crippen LogP contribution in [0.25, 0.3) is 111 Å². The van der Waals surface area contributed by atoms with Crippen molar-refractivity contribution in [1.29, 1.82) is 0 Å². The van der Waals surface area contributed by atoms with Crippen molar-refractivity contribution in [2.45, 2.75) is 0 Å². The molecule has 0 spiro atoms. The van der Waals surface area contributed by atoms with Gasteiger partial charge in [-0.2, -0.15) is 0 Å². The van der Waals surface area contributed by atoms with E-state index in [0.717, 1.165) is 61.0 Å². The molecule has 6 heteroatoms. The molecule has 0 fully saturated rings.